The third-order valence-corrected chi connectivity index (χ3v) is 12.0. The van der Waals surface area contributed by atoms with Gasteiger partial charge < -0.3 is 27.9 Å². The third kappa shape index (κ3) is 49.2. The van der Waals surface area contributed by atoms with Gasteiger partial charge in [0, 0.05) is 12.8 Å². The van der Waals surface area contributed by atoms with E-state index in [1.165, 1.54) is 122 Å². The van der Waals surface area contributed by atoms with Crippen molar-refractivity contribution in [3.63, 3.8) is 0 Å². The number of hydrogen-bond acceptors (Lipinski definition) is 8. The third-order valence-electron chi connectivity index (χ3n) is 11.0. The Bertz CT molecular complexity index is 1270. The number of phosphoric ester groups is 1. The van der Waals surface area contributed by atoms with E-state index in [0.29, 0.717) is 23.9 Å². The number of carbonyl (C=O) groups is 2. The molecule has 0 N–H and O–H groups in total. The minimum absolute atomic E-state index is 0.0381. The molecule has 0 aliphatic heterocycles. The predicted molar refractivity (Wildman–Crippen MR) is 268 cm³/mol. The van der Waals surface area contributed by atoms with Gasteiger partial charge in [-0.2, -0.15) is 0 Å². The average molecular weight is 920 g/mol. The number of ether oxygens (including phenoxy) is 2. The number of phosphoric acid groups is 1. The molecule has 0 spiro atoms. The number of esters is 2. The fraction of sp³-hybridized carbons (Fsp3) is 0.778. The maximum absolute atomic E-state index is 12.8. The molecule has 0 bridgehead atoms. The van der Waals surface area contributed by atoms with Crippen molar-refractivity contribution < 1.29 is 42.1 Å². The Labute approximate surface area is 394 Å². The van der Waals surface area contributed by atoms with Crippen LogP contribution in [0.2, 0.25) is 0 Å². The monoisotopic (exact) mass is 920 g/mol. The van der Waals surface area contributed by atoms with Crippen LogP contribution in [0.3, 0.4) is 0 Å². The summed E-state index contributed by atoms with van der Waals surface area (Å²) in [5.74, 6) is -0.869. The molecule has 372 valence electrons. The first-order chi connectivity index (χ1) is 31.0. The molecule has 1 unspecified atom stereocenters. The van der Waals surface area contributed by atoms with Crippen molar-refractivity contribution in [1.29, 1.82) is 0 Å². The Morgan fingerprint density at radius 1 is 0.484 bits per heavy atom. The first-order valence-corrected chi connectivity index (χ1v) is 27.5. The summed E-state index contributed by atoms with van der Waals surface area (Å²) in [6.07, 6.45) is 56.8. The molecular formula is C54H98NO8P. The van der Waals surface area contributed by atoms with E-state index in [1.54, 1.807) is 0 Å². The van der Waals surface area contributed by atoms with E-state index in [4.69, 9.17) is 18.5 Å². The quantitative estimate of drug-likeness (QED) is 0.0195. The van der Waals surface area contributed by atoms with Gasteiger partial charge in [0.25, 0.3) is 7.82 Å². The highest BCUT2D eigenvalue weighted by Crippen LogP contribution is 2.38. The van der Waals surface area contributed by atoms with Crippen LogP contribution in [-0.4, -0.2) is 70.0 Å². The van der Waals surface area contributed by atoms with Crippen LogP contribution < -0.4 is 4.89 Å². The lowest BCUT2D eigenvalue weighted by molar-refractivity contribution is -0.870. The molecule has 0 aromatic rings. The summed E-state index contributed by atoms with van der Waals surface area (Å²) in [7, 11) is 1.14. The molecule has 9 nitrogen and oxygen atoms in total. The summed E-state index contributed by atoms with van der Waals surface area (Å²) < 4.78 is 34.0. The van der Waals surface area contributed by atoms with Crippen LogP contribution in [0.5, 0.6) is 0 Å². The molecule has 0 aliphatic carbocycles. The lowest BCUT2D eigenvalue weighted by Gasteiger charge is -2.28. The summed E-state index contributed by atoms with van der Waals surface area (Å²) in [5.41, 5.74) is 0. The molecule has 0 heterocycles. The van der Waals surface area contributed by atoms with Gasteiger partial charge in [0.05, 0.1) is 27.7 Å². The summed E-state index contributed by atoms with van der Waals surface area (Å²) in [6, 6.07) is 0. The zero-order valence-electron chi connectivity index (χ0n) is 42.0. The fourth-order valence-electron chi connectivity index (χ4n) is 6.93. The molecule has 0 rings (SSSR count). The molecule has 0 saturated carbocycles. The molecule has 10 heteroatoms. The van der Waals surface area contributed by atoms with Crippen LogP contribution in [-0.2, 0) is 32.7 Å². The van der Waals surface area contributed by atoms with Gasteiger partial charge in [-0.25, -0.2) is 0 Å². The van der Waals surface area contributed by atoms with Crippen molar-refractivity contribution >= 4 is 19.8 Å². The first-order valence-electron chi connectivity index (χ1n) is 26.0. The molecule has 0 saturated heterocycles. The molecule has 0 amide bonds. The van der Waals surface area contributed by atoms with Crippen molar-refractivity contribution in [2.75, 3.05) is 47.5 Å². The largest absolute Gasteiger partial charge is 0.756 e. The standard InChI is InChI=1S/C54H98NO8P/c1-6-8-10-12-14-16-18-20-22-24-26-27-29-31-33-35-37-39-41-43-45-47-54(57)63-52(51-62-64(58,59)61-49-48-55(3,4)5)50-60-53(56)46-44-42-40-38-36-34-32-30-28-25-23-21-19-17-15-13-11-9-7-2/h15,17,20-23,28,30,34,36,52H,6-14,16,18-19,24-27,29,31-33,35,37-51H2,1-5H3/b17-15+,22-20+,23-21+,30-28+,36-34+/t52-/m1/s1. The lowest BCUT2D eigenvalue weighted by atomic mass is 10.0. The molecule has 2 atom stereocenters. The molecule has 0 aromatic heterocycles. The van der Waals surface area contributed by atoms with E-state index in [0.717, 1.165) is 57.8 Å². The summed E-state index contributed by atoms with van der Waals surface area (Å²) >= 11 is 0. The zero-order valence-corrected chi connectivity index (χ0v) is 42.9. The van der Waals surface area contributed by atoms with Crippen molar-refractivity contribution in [3.05, 3.63) is 60.8 Å². The Hall–Kier alpha value is -2.29. The second-order valence-corrected chi connectivity index (χ2v) is 19.9. The highest BCUT2D eigenvalue weighted by molar-refractivity contribution is 7.45. The van der Waals surface area contributed by atoms with Crippen molar-refractivity contribution in [3.8, 4) is 0 Å². The first kappa shape index (κ1) is 61.7. The highest BCUT2D eigenvalue weighted by Gasteiger charge is 2.21. The van der Waals surface area contributed by atoms with Gasteiger partial charge in [-0.3, -0.25) is 14.2 Å². The van der Waals surface area contributed by atoms with E-state index < -0.39 is 32.5 Å². The van der Waals surface area contributed by atoms with Gasteiger partial charge >= 0.3 is 11.9 Å². The molecule has 0 fully saturated rings. The van der Waals surface area contributed by atoms with Gasteiger partial charge in [0.2, 0.25) is 0 Å². The van der Waals surface area contributed by atoms with Crippen LogP contribution in [0.15, 0.2) is 60.8 Å². The molecule has 64 heavy (non-hydrogen) atoms. The second kappa shape index (κ2) is 45.8. The Kier molecular flexibility index (Phi) is 44.2. The smallest absolute Gasteiger partial charge is 0.306 e. The maximum atomic E-state index is 12.8. The minimum Gasteiger partial charge on any atom is -0.756 e. The number of carbonyl (C=O) groups excluding carboxylic acids is 2. The number of hydrogen-bond donors (Lipinski definition) is 0. The Morgan fingerprint density at radius 2 is 0.844 bits per heavy atom. The highest BCUT2D eigenvalue weighted by atomic mass is 31.2. The normalized spacial score (nSPS) is 13.9. The topological polar surface area (TPSA) is 111 Å². The number of quaternary nitrogens is 1. The van der Waals surface area contributed by atoms with Crippen LogP contribution in [0.1, 0.15) is 219 Å². The van der Waals surface area contributed by atoms with Crippen molar-refractivity contribution in [2.24, 2.45) is 0 Å². The van der Waals surface area contributed by atoms with Gasteiger partial charge in [-0.15, -0.1) is 0 Å². The Balaban J connectivity index is 4.31. The average Bonchev–Trinajstić information content (AvgIpc) is 3.25. The van der Waals surface area contributed by atoms with Crippen LogP contribution in [0.25, 0.3) is 0 Å². The maximum Gasteiger partial charge on any atom is 0.306 e. The minimum atomic E-state index is -4.64. The fourth-order valence-corrected chi connectivity index (χ4v) is 7.66. The summed E-state index contributed by atoms with van der Waals surface area (Å²) in [6.45, 7) is 4.17. The summed E-state index contributed by atoms with van der Waals surface area (Å²) in [4.78, 5) is 37.7. The van der Waals surface area contributed by atoms with Gasteiger partial charge in [0.1, 0.15) is 19.8 Å². The van der Waals surface area contributed by atoms with Gasteiger partial charge in [0.15, 0.2) is 6.10 Å². The Morgan fingerprint density at radius 3 is 1.31 bits per heavy atom. The molecule has 0 aliphatic rings. The van der Waals surface area contributed by atoms with Gasteiger partial charge in [-0.1, -0.05) is 184 Å². The zero-order chi connectivity index (χ0) is 47.1. The van der Waals surface area contributed by atoms with Crippen LogP contribution in [0.4, 0.5) is 0 Å². The van der Waals surface area contributed by atoms with E-state index in [-0.39, 0.29) is 26.1 Å². The van der Waals surface area contributed by atoms with Crippen molar-refractivity contribution in [2.45, 2.75) is 225 Å². The number of unbranched alkanes of at least 4 members (excludes halogenated alkanes) is 23. The predicted octanol–water partition coefficient (Wildman–Crippen LogP) is 15.0. The van der Waals surface area contributed by atoms with Crippen LogP contribution in [0, 0.1) is 0 Å². The number of rotatable bonds is 47. The van der Waals surface area contributed by atoms with Crippen molar-refractivity contribution in [1.82, 2.24) is 0 Å². The van der Waals surface area contributed by atoms with E-state index in [9.17, 15) is 19.0 Å². The number of likely N-dealkylation sites (N-methyl/N-ethyl adjacent to an activating group) is 1. The van der Waals surface area contributed by atoms with E-state index in [1.807, 2.05) is 21.1 Å². The molecule has 0 radical (unpaired) electrons. The lowest BCUT2D eigenvalue weighted by Crippen LogP contribution is -2.37. The second-order valence-electron chi connectivity index (χ2n) is 18.5. The van der Waals surface area contributed by atoms with Gasteiger partial charge in [-0.05, 0) is 83.5 Å². The van der Waals surface area contributed by atoms with Crippen LogP contribution >= 0.6 is 7.82 Å². The summed E-state index contributed by atoms with van der Waals surface area (Å²) in [5, 5.41) is 0. The van der Waals surface area contributed by atoms with E-state index >= 15 is 0 Å². The number of nitrogens with zero attached hydrogens (tertiary/aromatic N) is 1. The van der Waals surface area contributed by atoms with E-state index in [2.05, 4.69) is 74.6 Å². The number of allylic oxidation sites excluding steroid dienone is 10. The SMILES string of the molecule is CCCCC/C=C/C/C=C/C/C=C/C/C=C/CCCCCC(=O)OC[C@H](COP(=O)([O-])OCC[N+](C)(C)C)OC(=O)CCCCCCCCCCCCC/C=C/CCCCCCCC. The molecular weight excluding hydrogens is 822 g/mol. The molecule has 0 aromatic carbocycles.